The van der Waals surface area contributed by atoms with Gasteiger partial charge in [0.1, 0.15) is 0 Å². The maximum Gasteiger partial charge on any atom is 0.0492 e. The number of rotatable bonds is 4. The van der Waals surface area contributed by atoms with Crippen molar-refractivity contribution in [3.8, 4) is 0 Å². The Bertz CT molecular complexity index is 434. The van der Waals surface area contributed by atoms with E-state index < -0.39 is 0 Å². The first-order valence-electron chi connectivity index (χ1n) is 7.01. The van der Waals surface area contributed by atoms with Crippen LogP contribution < -0.4 is 5.73 Å². The predicted octanol–water partition coefficient (Wildman–Crippen LogP) is 5.02. The van der Waals surface area contributed by atoms with Crippen LogP contribution in [-0.4, -0.2) is 24.5 Å². The fourth-order valence-corrected chi connectivity index (χ4v) is 4.16. The lowest BCUT2D eigenvalue weighted by Crippen LogP contribution is -2.34. The van der Waals surface area contributed by atoms with Gasteiger partial charge in [-0.25, -0.2) is 0 Å². The van der Waals surface area contributed by atoms with Crippen molar-refractivity contribution in [3.63, 3.8) is 0 Å². The van der Waals surface area contributed by atoms with Crippen LogP contribution in [0.5, 0.6) is 0 Å². The zero-order valence-electron chi connectivity index (χ0n) is 11.9. The summed E-state index contributed by atoms with van der Waals surface area (Å²) in [4.78, 5) is 2.51. The summed E-state index contributed by atoms with van der Waals surface area (Å²) in [5, 5.41) is 0. The van der Waals surface area contributed by atoms with Gasteiger partial charge < -0.3 is 10.6 Å². The van der Waals surface area contributed by atoms with E-state index in [2.05, 4.69) is 49.9 Å². The van der Waals surface area contributed by atoms with Crippen LogP contribution in [0.2, 0.25) is 0 Å². The van der Waals surface area contributed by atoms with E-state index in [-0.39, 0.29) is 12.4 Å². The number of benzene rings is 1. The van der Waals surface area contributed by atoms with Crippen molar-refractivity contribution in [2.45, 2.75) is 44.6 Å². The van der Waals surface area contributed by atoms with Crippen LogP contribution in [0.25, 0.3) is 0 Å². The van der Waals surface area contributed by atoms with Gasteiger partial charge in [-0.05, 0) is 59.9 Å². The topological polar surface area (TPSA) is 29.3 Å². The van der Waals surface area contributed by atoms with Gasteiger partial charge in [0, 0.05) is 27.2 Å². The maximum atomic E-state index is 6.13. The Morgan fingerprint density at radius 1 is 1.20 bits per heavy atom. The summed E-state index contributed by atoms with van der Waals surface area (Å²) in [5.74, 6) is 0. The molecule has 1 aliphatic rings. The molecule has 1 fully saturated rings. The van der Waals surface area contributed by atoms with E-state index in [0.717, 1.165) is 33.6 Å². The van der Waals surface area contributed by atoms with Crippen molar-refractivity contribution in [2.24, 2.45) is 0 Å². The Hall–Kier alpha value is 0.230. The molecule has 0 aliphatic heterocycles. The molecule has 2 nitrogen and oxygen atoms in total. The monoisotopic (exact) mass is 424 g/mol. The Kier molecular flexibility index (Phi) is 7.88. The lowest BCUT2D eigenvalue weighted by atomic mass is 9.94. The maximum absolute atomic E-state index is 6.13. The molecule has 2 rings (SSSR count). The third kappa shape index (κ3) is 4.90. The first-order valence-corrected chi connectivity index (χ1v) is 8.60. The number of anilines is 1. The second-order valence-corrected chi connectivity index (χ2v) is 7.25. The molecule has 0 saturated heterocycles. The number of hydrogen-bond acceptors (Lipinski definition) is 2. The van der Waals surface area contributed by atoms with Crippen molar-refractivity contribution in [1.82, 2.24) is 4.90 Å². The van der Waals surface area contributed by atoms with Gasteiger partial charge in [-0.15, -0.1) is 12.4 Å². The van der Waals surface area contributed by atoms with Crippen molar-refractivity contribution in [1.29, 1.82) is 0 Å². The Labute approximate surface area is 145 Å². The standard InChI is InChI=1S/C15H22Br2N2.ClH/c1-19(13-5-3-2-4-6-13)8-7-11-9-12(16)10-14(17)15(11)18;/h9-10,13H,2-8,18H2,1H3;1H. The molecule has 0 aromatic heterocycles. The quantitative estimate of drug-likeness (QED) is 0.685. The van der Waals surface area contributed by atoms with Crippen LogP contribution in [0.4, 0.5) is 5.69 Å². The number of likely N-dealkylation sites (N-methyl/N-ethyl adjacent to an activating group) is 1. The fourth-order valence-electron chi connectivity index (χ4n) is 2.85. The van der Waals surface area contributed by atoms with E-state index in [1.807, 2.05) is 6.07 Å². The second kappa shape index (κ2) is 8.62. The average Bonchev–Trinajstić information content (AvgIpc) is 2.41. The van der Waals surface area contributed by atoms with Gasteiger partial charge in [-0.1, -0.05) is 35.2 Å². The molecular formula is C15H23Br2ClN2. The Morgan fingerprint density at radius 3 is 2.50 bits per heavy atom. The minimum absolute atomic E-state index is 0. The number of nitrogen functional groups attached to an aromatic ring is 1. The number of hydrogen-bond donors (Lipinski definition) is 1. The van der Waals surface area contributed by atoms with E-state index in [9.17, 15) is 0 Å². The molecule has 5 heteroatoms. The van der Waals surface area contributed by atoms with Crippen molar-refractivity contribution in [3.05, 3.63) is 26.6 Å². The van der Waals surface area contributed by atoms with E-state index in [1.54, 1.807) is 0 Å². The number of nitrogens with zero attached hydrogens (tertiary/aromatic N) is 1. The van der Waals surface area contributed by atoms with E-state index in [0.29, 0.717) is 0 Å². The third-order valence-corrected chi connectivity index (χ3v) is 5.23. The van der Waals surface area contributed by atoms with Crippen molar-refractivity contribution in [2.75, 3.05) is 19.3 Å². The van der Waals surface area contributed by atoms with Crippen molar-refractivity contribution >= 4 is 50.0 Å². The molecule has 0 heterocycles. The normalized spacial score (nSPS) is 16.2. The average molecular weight is 427 g/mol. The highest BCUT2D eigenvalue weighted by Crippen LogP contribution is 2.29. The summed E-state index contributed by atoms with van der Waals surface area (Å²) >= 11 is 7.04. The second-order valence-electron chi connectivity index (χ2n) is 5.48. The molecule has 1 saturated carbocycles. The minimum Gasteiger partial charge on any atom is -0.398 e. The third-order valence-electron chi connectivity index (χ3n) is 4.11. The zero-order valence-corrected chi connectivity index (χ0v) is 15.9. The minimum atomic E-state index is 0. The smallest absolute Gasteiger partial charge is 0.0492 e. The Balaban J connectivity index is 0.00000200. The van der Waals surface area contributed by atoms with Gasteiger partial charge in [0.2, 0.25) is 0 Å². The van der Waals surface area contributed by atoms with Gasteiger partial charge in [-0.3, -0.25) is 0 Å². The molecule has 1 aromatic rings. The lowest BCUT2D eigenvalue weighted by molar-refractivity contribution is 0.194. The highest BCUT2D eigenvalue weighted by Gasteiger charge is 2.18. The zero-order chi connectivity index (χ0) is 13.8. The van der Waals surface area contributed by atoms with Crippen LogP contribution in [0, 0.1) is 0 Å². The van der Waals surface area contributed by atoms with Gasteiger partial charge in [0.05, 0.1) is 0 Å². The highest BCUT2D eigenvalue weighted by atomic mass is 79.9. The number of halogens is 3. The molecular weight excluding hydrogens is 403 g/mol. The van der Waals surface area contributed by atoms with Crippen LogP contribution in [0.1, 0.15) is 37.7 Å². The molecule has 1 aromatic carbocycles. The van der Waals surface area contributed by atoms with Crippen molar-refractivity contribution < 1.29 is 0 Å². The fraction of sp³-hybridized carbons (Fsp3) is 0.600. The molecule has 0 amide bonds. The largest absolute Gasteiger partial charge is 0.398 e. The van der Waals surface area contributed by atoms with Crippen LogP contribution in [0.3, 0.4) is 0 Å². The van der Waals surface area contributed by atoms with Crippen LogP contribution >= 0.6 is 44.3 Å². The molecule has 2 N–H and O–H groups in total. The molecule has 0 spiro atoms. The first-order chi connectivity index (χ1) is 9.08. The SMILES string of the molecule is CN(CCc1cc(Br)cc(Br)c1N)C1CCCCC1.Cl. The Morgan fingerprint density at radius 2 is 1.85 bits per heavy atom. The number of nitrogens with two attached hydrogens (primary N) is 1. The molecule has 1 aliphatic carbocycles. The van der Waals surface area contributed by atoms with Gasteiger partial charge in [-0.2, -0.15) is 0 Å². The van der Waals surface area contributed by atoms with E-state index in [4.69, 9.17) is 5.73 Å². The van der Waals surface area contributed by atoms with Gasteiger partial charge in [0.15, 0.2) is 0 Å². The molecule has 0 radical (unpaired) electrons. The highest BCUT2D eigenvalue weighted by molar-refractivity contribution is 9.11. The molecule has 114 valence electrons. The predicted molar refractivity (Wildman–Crippen MR) is 96.7 cm³/mol. The van der Waals surface area contributed by atoms with Gasteiger partial charge in [0.25, 0.3) is 0 Å². The summed E-state index contributed by atoms with van der Waals surface area (Å²) in [6.45, 7) is 1.08. The van der Waals surface area contributed by atoms with Crippen LogP contribution in [0.15, 0.2) is 21.1 Å². The lowest BCUT2D eigenvalue weighted by Gasteiger charge is -2.31. The first kappa shape index (κ1) is 18.3. The molecule has 0 bridgehead atoms. The summed E-state index contributed by atoms with van der Waals surface area (Å²) < 4.78 is 2.07. The summed E-state index contributed by atoms with van der Waals surface area (Å²) in [6.07, 6.45) is 7.91. The summed E-state index contributed by atoms with van der Waals surface area (Å²) in [5.41, 5.74) is 8.23. The van der Waals surface area contributed by atoms with E-state index >= 15 is 0 Å². The van der Waals surface area contributed by atoms with Gasteiger partial charge >= 0.3 is 0 Å². The molecule has 0 atom stereocenters. The molecule has 20 heavy (non-hydrogen) atoms. The van der Waals surface area contributed by atoms with E-state index in [1.165, 1.54) is 37.7 Å². The molecule has 0 unspecified atom stereocenters. The summed E-state index contributed by atoms with van der Waals surface area (Å²) in [6, 6.07) is 4.91. The van der Waals surface area contributed by atoms with Crippen LogP contribution in [-0.2, 0) is 6.42 Å². The summed E-state index contributed by atoms with van der Waals surface area (Å²) in [7, 11) is 2.25.